The van der Waals surface area contributed by atoms with Crippen molar-refractivity contribution in [1.82, 2.24) is 5.32 Å². The third-order valence-corrected chi connectivity index (χ3v) is 1.26. The minimum Gasteiger partial charge on any atom is -0.362 e. The predicted octanol–water partition coefficient (Wildman–Crippen LogP) is 0.915. The van der Waals surface area contributed by atoms with Crippen LogP contribution in [0.1, 0.15) is 20.3 Å². The van der Waals surface area contributed by atoms with Gasteiger partial charge in [-0.25, -0.2) is 0 Å². The van der Waals surface area contributed by atoms with E-state index in [0.717, 1.165) is 19.5 Å². The first-order valence-electron chi connectivity index (χ1n) is 4.03. The standard InChI is InChI=1S/C8H16N2O/c1-3-4-10-5-6-11-8(2)7-9/h8,10H,3-6H2,1-2H3. The number of nitrogens with one attached hydrogen (secondary N) is 1. The van der Waals surface area contributed by atoms with E-state index in [-0.39, 0.29) is 6.10 Å². The Kier molecular flexibility index (Phi) is 7.11. The molecule has 0 bridgehead atoms. The maximum atomic E-state index is 8.34. The smallest absolute Gasteiger partial charge is 0.141 e. The number of nitriles is 1. The number of hydrogen-bond acceptors (Lipinski definition) is 3. The fourth-order valence-electron chi connectivity index (χ4n) is 0.647. The number of ether oxygens (including phenoxy) is 1. The van der Waals surface area contributed by atoms with Crippen molar-refractivity contribution in [3.8, 4) is 6.07 Å². The molecule has 1 unspecified atom stereocenters. The zero-order valence-corrected chi connectivity index (χ0v) is 7.26. The average molecular weight is 156 g/mol. The third-order valence-electron chi connectivity index (χ3n) is 1.26. The van der Waals surface area contributed by atoms with Crippen LogP contribution in [-0.2, 0) is 4.74 Å². The lowest BCUT2D eigenvalue weighted by Gasteiger charge is -2.05. The first-order valence-corrected chi connectivity index (χ1v) is 4.03. The largest absolute Gasteiger partial charge is 0.362 e. The first-order chi connectivity index (χ1) is 5.31. The Morgan fingerprint density at radius 1 is 1.55 bits per heavy atom. The quantitative estimate of drug-likeness (QED) is 0.581. The molecular weight excluding hydrogens is 140 g/mol. The second-order valence-corrected chi connectivity index (χ2v) is 2.39. The molecule has 1 atom stereocenters. The highest BCUT2D eigenvalue weighted by atomic mass is 16.5. The van der Waals surface area contributed by atoms with Crippen molar-refractivity contribution < 1.29 is 4.74 Å². The molecule has 1 N–H and O–H groups in total. The zero-order valence-electron chi connectivity index (χ0n) is 7.26. The summed E-state index contributed by atoms with van der Waals surface area (Å²) < 4.78 is 5.11. The van der Waals surface area contributed by atoms with Gasteiger partial charge in [0.15, 0.2) is 0 Å². The summed E-state index contributed by atoms with van der Waals surface area (Å²) in [5, 5.41) is 11.5. The van der Waals surface area contributed by atoms with Gasteiger partial charge in [0.2, 0.25) is 0 Å². The summed E-state index contributed by atoms with van der Waals surface area (Å²) in [5.74, 6) is 0. The molecule has 0 rings (SSSR count). The molecular formula is C8H16N2O. The molecule has 0 fully saturated rings. The maximum Gasteiger partial charge on any atom is 0.141 e. The topological polar surface area (TPSA) is 45.0 Å². The van der Waals surface area contributed by atoms with Crippen LogP contribution in [0.3, 0.4) is 0 Å². The van der Waals surface area contributed by atoms with Crippen LogP contribution in [0, 0.1) is 11.3 Å². The summed E-state index contributed by atoms with van der Waals surface area (Å²) in [6.07, 6.45) is 0.854. The predicted molar refractivity (Wildman–Crippen MR) is 44.2 cm³/mol. The van der Waals surface area contributed by atoms with Gasteiger partial charge in [0.1, 0.15) is 6.10 Å². The summed E-state index contributed by atoms with van der Waals surface area (Å²) in [5.41, 5.74) is 0. The summed E-state index contributed by atoms with van der Waals surface area (Å²) in [7, 11) is 0. The first kappa shape index (κ1) is 10.4. The van der Waals surface area contributed by atoms with Crippen molar-refractivity contribution in [2.24, 2.45) is 0 Å². The SMILES string of the molecule is CCCNCCOC(C)C#N. The highest BCUT2D eigenvalue weighted by Crippen LogP contribution is 1.85. The molecule has 0 aliphatic heterocycles. The molecule has 64 valence electrons. The second kappa shape index (κ2) is 7.52. The Hall–Kier alpha value is -0.590. The lowest BCUT2D eigenvalue weighted by molar-refractivity contribution is 0.104. The molecule has 3 nitrogen and oxygen atoms in total. The monoisotopic (exact) mass is 156 g/mol. The van der Waals surface area contributed by atoms with Gasteiger partial charge in [-0.2, -0.15) is 5.26 Å². The van der Waals surface area contributed by atoms with E-state index in [1.54, 1.807) is 6.92 Å². The van der Waals surface area contributed by atoms with Crippen molar-refractivity contribution in [2.45, 2.75) is 26.4 Å². The molecule has 0 spiro atoms. The van der Waals surface area contributed by atoms with Crippen LogP contribution in [-0.4, -0.2) is 25.8 Å². The van der Waals surface area contributed by atoms with E-state index in [2.05, 4.69) is 12.2 Å². The molecule has 0 aliphatic rings. The van der Waals surface area contributed by atoms with Gasteiger partial charge in [-0.1, -0.05) is 6.92 Å². The van der Waals surface area contributed by atoms with E-state index in [1.807, 2.05) is 6.07 Å². The van der Waals surface area contributed by atoms with Gasteiger partial charge in [0.25, 0.3) is 0 Å². The van der Waals surface area contributed by atoms with Crippen LogP contribution < -0.4 is 5.32 Å². The number of hydrogen-bond donors (Lipinski definition) is 1. The summed E-state index contributed by atoms with van der Waals surface area (Å²) >= 11 is 0. The fourth-order valence-corrected chi connectivity index (χ4v) is 0.647. The molecule has 3 heteroatoms. The average Bonchev–Trinajstić information content (AvgIpc) is 2.04. The lowest BCUT2D eigenvalue weighted by Crippen LogP contribution is -2.22. The minimum absolute atomic E-state index is 0.279. The van der Waals surface area contributed by atoms with Crippen LogP contribution in [0.2, 0.25) is 0 Å². The van der Waals surface area contributed by atoms with E-state index < -0.39 is 0 Å². The Morgan fingerprint density at radius 2 is 2.27 bits per heavy atom. The molecule has 0 aliphatic carbocycles. The Bertz CT molecular complexity index is 120. The minimum atomic E-state index is -0.279. The normalized spacial score (nSPS) is 12.5. The maximum absolute atomic E-state index is 8.34. The van der Waals surface area contributed by atoms with Crippen molar-refractivity contribution in [2.75, 3.05) is 19.7 Å². The van der Waals surface area contributed by atoms with E-state index in [1.165, 1.54) is 0 Å². The van der Waals surface area contributed by atoms with E-state index >= 15 is 0 Å². The molecule has 0 saturated carbocycles. The van der Waals surface area contributed by atoms with Gasteiger partial charge in [-0.15, -0.1) is 0 Å². The van der Waals surface area contributed by atoms with Crippen LogP contribution >= 0.6 is 0 Å². The summed E-state index contributed by atoms with van der Waals surface area (Å²) in [4.78, 5) is 0. The Morgan fingerprint density at radius 3 is 2.82 bits per heavy atom. The second-order valence-electron chi connectivity index (χ2n) is 2.39. The van der Waals surface area contributed by atoms with Crippen LogP contribution in [0.5, 0.6) is 0 Å². The van der Waals surface area contributed by atoms with Gasteiger partial charge in [-0.3, -0.25) is 0 Å². The van der Waals surface area contributed by atoms with Crippen molar-refractivity contribution in [3.05, 3.63) is 0 Å². The molecule has 0 aromatic carbocycles. The Balaban J connectivity index is 2.97. The fraction of sp³-hybridized carbons (Fsp3) is 0.875. The van der Waals surface area contributed by atoms with Crippen LogP contribution in [0.15, 0.2) is 0 Å². The van der Waals surface area contributed by atoms with E-state index in [9.17, 15) is 0 Å². The van der Waals surface area contributed by atoms with Gasteiger partial charge in [0, 0.05) is 6.54 Å². The van der Waals surface area contributed by atoms with Gasteiger partial charge < -0.3 is 10.1 Å². The molecule has 0 aromatic heterocycles. The highest BCUT2D eigenvalue weighted by molar-refractivity contribution is 4.78. The third kappa shape index (κ3) is 7.31. The highest BCUT2D eigenvalue weighted by Gasteiger charge is 1.96. The van der Waals surface area contributed by atoms with E-state index in [4.69, 9.17) is 10.00 Å². The summed E-state index contributed by atoms with van der Waals surface area (Å²) in [6, 6.07) is 2.01. The molecule has 0 heterocycles. The Labute approximate surface area is 68.3 Å². The lowest BCUT2D eigenvalue weighted by atomic mass is 10.4. The van der Waals surface area contributed by atoms with Gasteiger partial charge >= 0.3 is 0 Å². The van der Waals surface area contributed by atoms with Crippen molar-refractivity contribution in [1.29, 1.82) is 5.26 Å². The molecule has 0 saturated heterocycles. The number of rotatable bonds is 6. The molecule has 0 radical (unpaired) electrons. The van der Waals surface area contributed by atoms with Gasteiger partial charge in [-0.05, 0) is 19.9 Å². The van der Waals surface area contributed by atoms with Crippen LogP contribution in [0.25, 0.3) is 0 Å². The number of nitrogens with zero attached hydrogens (tertiary/aromatic N) is 1. The molecule has 0 amide bonds. The van der Waals surface area contributed by atoms with E-state index in [0.29, 0.717) is 6.61 Å². The van der Waals surface area contributed by atoms with Crippen molar-refractivity contribution >= 4 is 0 Å². The summed E-state index contributed by atoms with van der Waals surface area (Å²) in [6.45, 7) is 6.34. The molecule has 11 heavy (non-hydrogen) atoms. The van der Waals surface area contributed by atoms with Gasteiger partial charge in [0.05, 0.1) is 12.7 Å². The van der Waals surface area contributed by atoms with Crippen LogP contribution in [0.4, 0.5) is 0 Å². The molecule has 0 aromatic rings. The zero-order chi connectivity index (χ0) is 8.53. The van der Waals surface area contributed by atoms with Crippen molar-refractivity contribution in [3.63, 3.8) is 0 Å².